The van der Waals surface area contributed by atoms with Crippen LogP contribution in [0.3, 0.4) is 0 Å². The topological polar surface area (TPSA) is 43.8 Å². The van der Waals surface area contributed by atoms with Gasteiger partial charge in [0.25, 0.3) is 0 Å². The largest absolute Gasteiger partial charge is 0.506 e. The van der Waals surface area contributed by atoms with E-state index in [9.17, 15) is 9.90 Å². The molecule has 4 heteroatoms. The van der Waals surface area contributed by atoms with E-state index in [1.54, 1.807) is 18.2 Å². The van der Waals surface area contributed by atoms with Gasteiger partial charge in [0.1, 0.15) is 5.75 Å². The number of carbonyl (C=O) groups excluding carboxylic acids is 1. The van der Waals surface area contributed by atoms with E-state index in [0.717, 1.165) is 24.2 Å². The van der Waals surface area contributed by atoms with Crippen molar-refractivity contribution >= 4 is 17.7 Å². The molecule has 4 nitrogen and oxygen atoms in total. The molecule has 0 aromatic heterocycles. The molecule has 2 aromatic carbocycles. The lowest BCUT2D eigenvalue weighted by Gasteiger charge is -2.27. The molecular formula is C22H24N2O2. The minimum atomic E-state index is 0.0313. The number of fused-ring (bicyclic) bond motifs is 1. The minimum Gasteiger partial charge on any atom is -0.506 e. The minimum absolute atomic E-state index is 0.0313. The lowest BCUT2D eigenvalue weighted by molar-refractivity contribution is -0.126. The Morgan fingerprint density at radius 1 is 1.12 bits per heavy atom. The number of phenols is 1. The van der Waals surface area contributed by atoms with Crippen LogP contribution in [0.5, 0.6) is 5.75 Å². The number of allylic oxidation sites excluding steroid dienone is 2. The number of carbonyl (C=O) groups is 1. The second-order valence-corrected chi connectivity index (χ2v) is 6.64. The second-order valence-electron chi connectivity index (χ2n) is 6.64. The summed E-state index contributed by atoms with van der Waals surface area (Å²) >= 11 is 0. The summed E-state index contributed by atoms with van der Waals surface area (Å²) in [6, 6.07) is 13.7. The maximum Gasteiger partial charge on any atom is 0.246 e. The van der Waals surface area contributed by atoms with E-state index in [2.05, 4.69) is 12.1 Å². The van der Waals surface area contributed by atoms with Crippen LogP contribution >= 0.6 is 0 Å². The molecule has 0 radical (unpaired) electrons. The highest BCUT2D eigenvalue weighted by molar-refractivity contribution is 5.88. The first-order valence-corrected chi connectivity index (χ1v) is 8.75. The zero-order valence-electron chi connectivity index (χ0n) is 15.2. The third-order valence-electron chi connectivity index (χ3n) is 4.56. The number of hydrogen-bond acceptors (Lipinski definition) is 3. The molecule has 1 amide bonds. The van der Waals surface area contributed by atoms with Gasteiger partial charge in [0.05, 0.1) is 5.69 Å². The van der Waals surface area contributed by atoms with Crippen molar-refractivity contribution in [1.82, 2.24) is 4.90 Å². The number of amides is 1. The van der Waals surface area contributed by atoms with E-state index < -0.39 is 0 Å². The average molecular weight is 348 g/mol. The number of phenolic OH excluding ortho intramolecular Hbond substituents is 1. The van der Waals surface area contributed by atoms with Crippen LogP contribution in [0.4, 0.5) is 5.69 Å². The van der Waals surface area contributed by atoms with Gasteiger partial charge in [-0.25, -0.2) is 0 Å². The molecule has 0 saturated heterocycles. The maximum absolute atomic E-state index is 12.4. The first-order valence-electron chi connectivity index (χ1n) is 8.75. The van der Waals surface area contributed by atoms with Crippen molar-refractivity contribution in [3.05, 3.63) is 77.4 Å². The number of hydrogen-bond donors (Lipinski definition) is 1. The summed E-state index contributed by atoms with van der Waals surface area (Å²) < 4.78 is 0. The van der Waals surface area contributed by atoms with Crippen molar-refractivity contribution in [3.63, 3.8) is 0 Å². The van der Waals surface area contributed by atoms with E-state index in [1.165, 1.54) is 11.1 Å². The summed E-state index contributed by atoms with van der Waals surface area (Å²) in [6.07, 6.45) is 8.05. The maximum atomic E-state index is 12.4. The molecular weight excluding hydrogens is 324 g/mol. The number of anilines is 1. The van der Waals surface area contributed by atoms with Gasteiger partial charge < -0.3 is 14.9 Å². The van der Waals surface area contributed by atoms with Crippen LogP contribution in [-0.2, 0) is 17.8 Å². The summed E-state index contributed by atoms with van der Waals surface area (Å²) in [7, 11) is 3.77. The van der Waals surface area contributed by atoms with Crippen LogP contribution in [0.2, 0.25) is 0 Å². The van der Waals surface area contributed by atoms with Crippen molar-refractivity contribution in [2.24, 2.45) is 0 Å². The van der Waals surface area contributed by atoms with E-state index in [-0.39, 0.29) is 11.7 Å². The smallest absolute Gasteiger partial charge is 0.246 e. The van der Waals surface area contributed by atoms with Crippen LogP contribution in [0, 0.1) is 0 Å². The zero-order valence-corrected chi connectivity index (χ0v) is 15.2. The fourth-order valence-corrected chi connectivity index (χ4v) is 3.10. The van der Waals surface area contributed by atoms with Gasteiger partial charge in [-0.15, -0.1) is 0 Å². The average Bonchev–Trinajstić information content (AvgIpc) is 2.65. The highest BCUT2D eigenvalue weighted by atomic mass is 16.3. The molecule has 0 spiro atoms. The van der Waals surface area contributed by atoms with Crippen LogP contribution in [-0.4, -0.2) is 36.6 Å². The SMILES string of the molecule is CN(C)c1cc(/C=C/C=C/C(=O)N2CCc3ccccc3C2)ccc1O. The zero-order chi connectivity index (χ0) is 18.5. The first-order chi connectivity index (χ1) is 12.5. The molecule has 0 bridgehead atoms. The Bertz CT molecular complexity index is 853. The first kappa shape index (κ1) is 17.8. The van der Waals surface area contributed by atoms with Gasteiger partial charge in [-0.05, 0) is 35.2 Å². The van der Waals surface area contributed by atoms with Gasteiger partial charge in [0, 0.05) is 33.3 Å². The monoisotopic (exact) mass is 348 g/mol. The molecule has 2 aromatic rings. The second kappa shape index (κ2) is 7.91. The molecule has 0 aliphatic carbocycles. The lowest BCUT2D eigenvalue weighted by Crippen LogP contribution is -2.34. The summed E-state index contributed by atoms with van der Waals surface area (Å²) in [5, 5.41) is 9.83. The molecule has 1 aliphatic heterocycles. The Balaban J connectivity index is 1.61. The Morgan fingerprint density at radius 3 is 2.65 bits per heavy atom. The summed E-state index contributed by atoms with van der Waals surface area (Å²) in [5.41, 5.74) is 4.30. The van der Waals surface area contributed by atoms with Crippen molar-refractivity contribution in [2.75, 3.05) is 25.5 Å². The van der Waals surface area contributed by atoms with Crippen LogP contribution in [0.15, 0.2) is 60.7 Å². The standard InChI is InChI=1S/C22H24N2O2/c1-23(2)20-15-17(11-12-21(20)25)7-3-6-10-22(26)24-14-13-18-8-4-5-9-19(18)16-24/h3-12,15,25H,13-14,16H2,1-2H3/b7-3+,10-6+. The molecule has 134 valence electrons. The Labute approximate surface area is 154 Å². The molecule has 0 saturated carbocycles. The third kappa shape index (κ3) is 4.14. The summed E-state index contributed by atoms with van der Waals surface area (Å²) in [5.74, 6) is 0.284. The van der Waals surface area contributed by atoms with Gasteiger partial charge in [-0.3, -0.25) is 4.79 Å². The van der Waals surface area contributed by atoms with Crippen molar-refractivity contribution < 1.29 is 9.90 Å². The van der Waals surface area contributed by atoms with E-state index in [4.69, 9.17) is 0 Å². The van der Waals surface area contributed by atoms with Crippen LogP contribution in [0.25, 0.3) is 6.08 Å². The van der Waals surface area contributed by atoms with Gasteiger partial charge in [-0.2, -0.15) is 0 Å². The molecule has 1 heterocycles. The number of aromatic hydroxyl groups is 1. The molecule has 0 fully saturated rings. The highest BCUT2D eigenvalue weighted by Crippen LogP contribution is 2.27. The van der Waals surface area contributed by atoms with E-state index >= 15 is 0 Å². The van der Waals surface area contributed by atoms with Gasteiger partial charge >= 0.3 is 0 Å². The Morgan fingerprint density at radius 2 is 1.88 bits per heavy atom. The fraction of sp³-hybridized carbons (Fsp3) is 0.227. The van der Waals surface area contributed by atoms with Crippen molar-refractivity contribution in [2.45, 2.75) is 13.0 Å². The van der Waals surface area contributed by atoms with Gasteiger partial charge in [0.2, 0.25) is 5.91 Å². The highest BCUT2D eigenvalue weighted by Gasteiger charge is 2.18. The van der Waals surface area contributed by atoms with Crippen LogP contribution < -0.4 is 4.90 Å². The molecule has 0 atom stereocenters. The molecule has 1 aliphatic rings. The van der Waals surface area contributed by atoms with Gasteiger partial charge in [0.15, 0.2) is 0 Å². The molecule has 26 heavy (non-hydrogen) atoms. The summed E-state index contributed by atoms with van der Waals surface area (Å²) in [4.78, 5) is 16.1. The number of benzene rings is 2. The number of rotatable bonds is 4. The van der Waals surface area contributed by atoms with Gasteiger partial charge in [-0.1, -0.05) is 48.6 Å². The normalized spacial score (nSPS) is 14.0. The number of nitrogens with zero attached hydrogens (tertiary/aromatic N) is 2. The lowest BCUT2D eigenvalue weighted by atomic mass is 10.00. The molecule has 1 N–H and O–H groups in total. The Hall–Kier alpha value is -3.01. The quantitative estimate of drug-likeness (QED) is 0.678. The van der Waals surface area contributed by atoms with Crippen molar-refractivity contribution in [3.8, 4) is 5.75 Å². The molecule has 0 unspecified atom stereocenters. The predicted octanol–water partition coefficient (Wildman–Crippen LogP) is 3.61. The van der Waals surface area contributed by atoms with Crippen molar-refractivity contribution in [1.29, 1.82) is 0 Å². The Kier molecular flexibility index (Phi) is 5.42. The van der Waals surface area contributed by atoms with Crippen LogP contribution in [0.1, 0.15) is 16.7 Å². The summed E-state index contributed by atoms with van der Waals surface area (Å²) in [6.45, 7) is 1.43. The predicted molar refractivity (Wildman–Crippen MR) is 106 cm³/mol. The van der Waals surface area contributed by atoms with E-state index in [0.29, 0.717) is 6.54 Å². The third-order valence-corrected chi connectivity index (χ3v) is 4.56. The molecule has 3 rings (SSSR count). The fourth-order valence-electron chi connectivity index (χ4n) is 3.10. The van der Waals surface area contributed by atoms with E-state index in [1.807, 2.05) is 60.3 Å².